The van der Waals surface area contributed by atoms with E-state index in [1.165, 1.54) is 0 Å². The van der Waals surface area contributed by atoms with Crippen LogP contribution in [0.3, 0.4) is 0 Å². The van der Waals surface area contributed by atoms with Gasteiger partial charge in [0, 0.05) is 17.7 Å². The van der Waals surface area contributed by atoms with Crippen LogP contribution in [0.1, 0.15) is 16.2 Å². The smallest absolute Gasteiger partial charge is 0.272 e. The molecule has 0 aliphatic carbocycles. The number of benzene rings is 1. The first-order valence-electron chi connectivity index (χ1n) is 8.99. The second-order valence-electron chi connectivity index (χ2n) is 6.37. The van der Waals surface area contributed by atoms with Gasteiger partial charge in [-0.05, 0) is 30.3 Å². The van der Waals surface area contributed by atoms with Crippen LogP contribution >= 0.6 is 0 Å². The Morgan fingerprint density at radius 3 is 2.83 bits per heavy atom. The third kappa shape index (κ3) is 3.45. The number of carbonyl (C=O) groups excluding carboxylic acids is 1. The number of hydrogen-bond donors (Lipinski definition) is 2. The molecular weight excluding hydrogens is 376 g/mol. The molecule has 2 N–H and O–H groups in total. The van der Waals surface area contributed by atoms with Crippen molar-refractivity contribution < 1.29 is 23.2 Å². The molecule has 1 aromatic carbocycles. The van der Waals surface area contributed by atoms with Crippen molar-refractivity contribution >= 4 is 5.91 Å². The Morgan fingerprint density at radius 1 is 1.07 bits per heavy atom. The number of fused-ring (bicyclic) bond motifs is 1. The monoisotopic (exact) mass is 392 g/mol. The number of carbonyl (C=O) groups is 1. The van der Waals surface area contributed by atoms with Crippen molar-refractivity contribution in [3.05, 3.63) is 60.1 Å². The maximum atomic E-state index is 12.3. The summed E-state index contributed by atoms with van der Waals surface area (Å²) in [6.07, 6.45) is 1.56. The predicted molar refractivity (Wildman–Crippen MR) is 100 cm³/mol. The number of H-pyrrole nitrogens is 1. The molecular formula is C20H16N4O5. The van der Waals surface area contributed by atoms with E-state index < -0.39 is 0 Å². The summed E-state index contributed by atoms with van der Waals surface area (Å²) < 4.78 is 21.8. The zero-order valence-electron chi connectivity index (χ0n) is 15.2. The van der Waals surface area contributed by atoms with Crippen molar-refractivity contribution in [3.8, 4) is 34.3 Å². The molecule has 4 aromatic rings. The Bertz CT molecular complexity index is 1150. The van der Waals surface area contributed by atoms with Crippen molar-refractivity contribution in [3.63, 3.8) is 0 Å². The lowest BCUT2D eigenvalue weighted by Gasteiger charge is -2.18. The van der Waals surface area contributed by atoms with Gasteiger partial charge in [-0.25, -0.2) is 0 Å². The molecule has 0 bridgehead atoms. The number of amides is 1. The average molecular weight is 392 g/mol. The van der Waals surface area contributed by atoms with Crippen LogP contribution in [0, 0.1) is 0 Å². The second-order valence-corrected chi connectivity index (χ2v) is 6.37. The van der Waals surface area contributed by atoms with Crippen LogP contribution in [0.2, 0.25) is 0 Å². The molecule has 146 valence electrons. The van der Waals surface area contributed by atoms with Gasteiger partial charge >= 0.3 is 0 Å². The van der Waals surface area contributed by atoms with Crippen LogP contribution in [0.15, 0.2) is 57.7 Å². The number of aromatic nitrogens is 3. The van der Waals surface area contributed by atoms with Crippen molar-refractivity contribution in [2.45, 2.75) is 6.54 Å². The third-order valence-electron chi connectivity index (χ3n) is 4.41. The van der Waals surface area contributed by atoms with Crippen LogP contribution in [0.25, 0.3) is 22.8 Å². The van der Waals surface area contributed by atoms with Crippen LogP contribution in [-0.2, 0) is 6.54 Å². The zero-order valence-corrected chi connectivity index (χ0v) is 15.2. The molecule has 29 heavy (non-hydrogen) atoms. The average Bonchev–Trinajstić information content (AvgIpc) is 3.52. The Morgan fingerprint density at radius 2 is 1.97 bits per heavy atom. The number of nitrogens with one attached hydrogen (secondary N) is 2. The number of hydrogen-bond acceptors (Lipinski definition) is 7. The number of rotatable bonds is 5. The van der Waals surface area contributed by atoms with E-state index >= 15 is 0 Å². The topological polar surface area (TPSA) is 115 Å². The molecule has 0 unspecified atom stereocenters. The van der Waals surface area contributed by atoms with Gasteiger partial charge in [-0.3, -0.25) is 9.89 Å². The summed E-state index contributed by atoms with van der Waals surface area (Å²) >= 11 is 0. The molecule has 0 fully saturated rings. The largest absolute Gasteiger partial charge is 0.486 e. The van der Waals surface area contributed by atoms with E-state index in [4.69, 9.17) is 18.4 Å². The van der Waals surface area contributed by atoms with Crippen molar-refractivity contribution in [1.29, 1.82) is 0 Å². The van der Waals surface area contributed by atoms with E-state index in [0.29, 0.717) is 47.6 Å². The second kappa shape index (κ2) is 7.19. The van der Waals surface area contributed by atoms with Gasteiger partial charge in [-0.15, -0.1) is 0 Å². The zero-order chi connectivity index (χ0) is 19.6. The van der Waals surface area contributed by atoms with Gasteiger partial charge in [-0.1, -0.05) is 5.16 Å². The summed E-state index contributed by atoms with van der Waals surface area (Å²) in [5, 5.41) is 13.6. The Hall–Kier alpha value is -4.01. The van der Waals surface area contributed by atoms with Crippen molar-refractivity contribution in [1.82, 2.24) is 20.7 Å². The van der Waals surface area contributed by atoms with E-state index in [0.717, 1.165) is 5.56 Å². The van der Waals surface area contributed by atoms with Gasteiger partial charge in [0.2, 0.25) is 0 Å². The van der Waals surface area contributed by atoms with Gasteiger partial charge in [0.1, 0.15) is 24.6 Å². The van der Waals surface area contributed by atoms with Gasteiger partial charge in [-0.2, -0.15) is 5.10 Å². The highest BCUT2D eigenvalue weighted by Gasteiger charge is 2.16. The summed E-state index contributed by atoms with van der Waals surface area (Å²) in [5.74, 6) is 2.23. The van der Waals surface area contributed by atoms with Crippen LogP contribution < -0.4 is 14.8 Å². The van der Waals surface area contributed by atoms with E-state index in [2.05, 4.69) is 20.7 Å². The molecule has 0 spiro atoms. The molecule has 0 saturated heterocycles. The van der Waals surface area contributed by atoms with Crippen molar-refractivity contribution in [2.75, 3.05) is 13.2 Å². The van der Waals surface area contributed by atoms with E-state index in [9.17, 15) is 4.79 Å². The molecule has 4 heterocycles. The summed E-state index contributed by atoms with van der Waals surface area (Å²) in [7, 11) is 0. The number of aromatic amines is 1. The lowest BCUT2D eigenvalue weighted by atomic mass is 10.1. The van der Waals surface area contributed by atoms with Gasteiger partial charge in [0.15, 0.2) is 28.7 Å². The summed E-state index contributed by atoms with van der Waals surface area (Å²) in [6.45, 7) is 1.26. The molecule has 1 aliphatic heterocycles. The summed E-state index contributed by atoms with van der Waals surface area (Å²) in [5.41, 5.74) is 2.29. The lowest BCUT2D eigenvalue weighted by Crippen LogP contribution is -2.23. The molecule has 9 heteroatoms. The van der Waals surface area contributed by atoms with E-state index in [1.54, 1.807) is 30.5 Å². The van der Waals surface area contributed by atoms with Crippen LogP contribution in [0.4, 0.5) is 0 Å². The van der Waals surface area contributed by atoms with Crippen molar-refractivity contribution in [2.24, 2.45) is 0 Å². The minimum atomic E-state index is -0.331. The fourth-order valence-electron chi connectivity index (χ4n) is 2.99. The summed E-state index contributed by atoms with van der Waals surface area (Å²) in [4.78, 5) is 12.3. The summed E-state index contributed by atoms with van der Waals surface area (Å²) in [6, 6.07) is 12.5. The number of ether oxygens (including phenoxy) is 2. The SMILES string of the molecule is O=C(NCc1cc(-c2ccc3c(c2)OCCO3)on1)c1cc(-c2ccco2)[nH]n1. The maximum absolute atomic E-state index is 12.3. The molecule has 1 amide bonds. The normalized spacial score (nSPS) is 12.7. The molecule has 0 saturated carbocycles. The van der Waals surface area contributed by atoms with Gasteiger partial charge < -0.3 is 23.7 Å². The molecule has 0 radical (unpaired) electrons. The first-order chi connectivity index (χ1) is 14.3. The minimum Gasteiger partial charge on any atom is -0.486 e. The minimum absolute atomic E-state index is 0.204. The molecule has 3 aromatic heterocycles. The first kappa shape index (κ1) is 17.1. The Kier molecular flexibility index (Phi) is 4.24. The molecule has 1 aliphatic rings. The quantitative estimate of drug-likeness (QED) is 0.536. The molecule has 5 rings (SSSR count). The lowest BCUT2D eigenvalue weighted by molar-refractivity contribution is 0.0945. The highest BCUT2D eigenvalue weighted by atomic mass is 16.6. The Balaban J connectivity index is 1.24. The highest BCUT2D eigenvalue weighted by Crippen LogP contribution is 2.34. The van der Waals surface area contributed by atoms with E-state index in [1.807, 2.05) is 18.2 Å². The number of furan rings is 1. The standard InChI is InChI=1S/C20H16N4O5/c25-20(15-10-14(22-23-15)16-2-1-5-26-16)21-11-13-9-18(29-24-13)12-3-4-17-19(8-12)28-7-6-27-17/h1-5,8-10H,6-7,11H2,(H,21,25)(H,22,23). The molecule has 9 nitrogen and oxygen atoms in total. The van der Waals surface area contributed by atoms with Gasteiger partial charge in [0.05, 0.1) is 12.8 Å². The number of nitrogens with zero attached hydrogens (tertiary/aromatic N) is 2. The predicted octanol–water partition coefficient (Wildman–Crippen LogP) is 3.03. The van der Waals surface area contributed by atoms with Crippen LogP contribution in [0.5, 0.6) is 11.5 Å². The first-order valence-corrected chi connectivity index (χ1v) is 8.99. The fraction of sp³-hybridized carbons (Fsp3) is 0.150. The fourth-order valence-corrected chi connectivity index (χ4v) is 2.99. The van der Waals surface area contributed by atoms with Crippen LogP contribution in [-0.4, -0.2) is 34.5 Å². The van der Waals surface area contributed by atoms with E-state index in [-0.39, 0.29) is 18.1 Å². The third-order valence-corrected chi connectivity index (χ3v) is 4.41. The highest BCUT2D eigenvalue weighted by molar-refractivity contribution is 5.93. The Labute approximate surface area is 164 Å². The van der Waals surface area contributed by atoms with Gasteiger partial charge in [0.25, 0.3) is 5.91 Å². The molecule has 0 atom stereocenters. The maximum Gasteiger partial charge on any atom is 0.272 e.